The van der Waals surface area contributed by atoms with Crippen molar-refractivity contribution in [2.75, 3.05) is 7.11 Å². The summed E-state index contributed by atoms with van der Waals surface area (Å²) < 4.78 is 4.97. The van der Waals surface area contributed by atoms with Gasteiger partial charge in [0.05, 0.1) is 13.0 Å². The number of phenols is 1. The first-order valence-corrected chi connectivity index (χ1v) is 9.77. The topological polar surface area (TPSA) is 95.9 Å². The van der Waals surface area contributed by atoms with E-state index in [1.54, 1.807) is 23.7 Å². The monoisotopic (exact) mass is 405 g/mol. The maximum absolute atomic E-state index is 12.6. The van der Waals surface area contributed by atoms with E-state index >= 15 is 0 Å². The number of phenolic OH excluding ortho intramolecular Hbond substituents is 1. The van der Waals surface area contributed by atoms with Gasteiger partial charge in [0.2, 0.25) is 5.91 Å². The normalized spacial score (nSPS) is 21.1. The predicted octanol–water partition coefficient (Wildman–Crippen LogP) is 3.63. The van der Waals surface area contributed by atoms with Crippen LogP contribution in [-0.2, 0) is 19.7 Å². The summed E-state index contributed by atoms with van der Waals surface area (Å²) in [4.78, 5) is 24.6. The van der Waals surface area contributed by atoms with Crippen LogP contribution in [0.2, 0.25) is 0 Å². The van der Waals surface area contributed by atoms with Crippen molar-refractivity contribution >= 4 is 22.6 Å². The molecule has 0 heterocycles. The molecule has 154 valence electrons. The molecule has 3 aromatic rings. The number of esters is 1. The molecule has 1 aliphatic rings. The number of aromatic hydroxyl groups is 1. The molecule has 0 spiro atoms. The minimum Gasteiger partial charge on any atom is -0.508 e. The molecule has 1 aliphatic carbocycles. The Bertz CT molecular complexity index is 1140. The number of rotatable bonds is 5. The Morgan fingerprint density at radius 2 is 1.83 bits per heavy atom. The molecular weight excluding hydrogens is 382 g/mol. The fourth-order valence-electron chi connectivity index (χ4n) is 4.48. The van der Waals surface area contributed by atoms with Crippen molar-refractivity contribution in [1.29, 1.82) is 0 Å². The quantitative estimate of drug-likeness (QED) is 0.342. The van der Waals surface area contributed by atoms with Gasteiger partial charge in [0.1, 0.15) is 11.2 Å². The van der Waals surface area contributed by atoms with Crippen LogP contribution in [0.3, 0.4) is 0 Å². The molecule has 0 bridgehead atoms. The molecule has 0 saturated heterocycles. The van der Waals surface area contributed by atoms with E-state index < -0.39 is 23.2 Å². The van der Waals surface area contributed by atoms with Crippen LogP contribution in [0.15, 0.2) is 60.7 Å². The summed E-state index contributed by atoms with van der Waals surface area (Å²) in [7, 11) is 1.27. The van der Waals surface area contributed by atoms with Gasteiger partial charge < -0.3 is 9.84 Å². The Labute approximate surface area is 174 Å². The van der Waals surface area contributed by atoms with Crippen LogP contribution in [0.25, 0.3) is 10.8 Å². The first-order valence-electron chi connectivity index (χ1n) is 9.77. The maximum atomic E-state index is 12.6. The molecule has 1 amide bonds. The van der Waals surface area contributed by atoms with Crippen LogP contribution >= 0.6 is 0 Å². The Kier molecular flexibility index (Phi) is 4.95. The molecule has 0 aliphatic heterocycles. The third-order valence-corrected chi connectivity index (χ3v) is 6.24. The highest BCUT2D eigenvalue weighted by Crippen LogP contribution is 2.56. The van der Waals surface area contributed by atoms with Crippen molar-refractivity contribution in [3.8, 4) is 5.75 Å². The number of amides is 1. The zero-order chi connectivity index (χ0) is 21.5. The third-order valence-electron chi connectivity index (χ3n) is 6.24. The average Bonchev–Trinajstić information content (AvgIpc) is 3.54. The first kappa shape index (κ1) is 19.9. The van der Waals surface area contributed by atoms with Crippen LogP contribution in [0, 0.1) is 5.92 Å². The molecule has 1 saturated carbocycles. The summed E-state index contributed by atoms with van der Waals surface area (Å²) in [5.74, 6) is -1.93. The Morgan fingerprint density at radius 3 is 2.57 bits per heavy atom. The van der Waals surface area contributed by atoms with Gasteiger partial charge in [-0.3, -0.25) is 14.8 Å². The highest BCUT2D eigenvalue weighted by Gasteiger charge is 2.65. The van der Waals surface area contributed by atoms with Crippen molar-refractivity contribution in [3.05, 3.63) is 77.4 Å². The van der Waals surface area contributed by atoms with E-state index in [9.17, 15) is 14.7 Å². The Hall–Kier alpha value is -3.38. The lowest BCUT2D eigenvalue weighted by Crippen LogP contribution is -2.31. The summed E-state index contributed by atoms with van der Waals surface area (Å²) in [6.07, 6.45) is 0.235. The summed E-state index contributed by atoms with van der Waals surface area (Å²) in [6.45, 7) is 2.00. The summed E-state index contributed by atoms with van der Waals surface area (Å²) in [5, 5.41) is 21.8. The fraction of sp³-hybridized carbons (Fsp3) is 0.250. The van der Waals surface area contributed by atoms with Crippen molar-refractivity contribution < 1.29 is 24.6 Å². The number of carbonyl (C=O) groups is 2. The van der Waals surface area contributed by atoms with Crippen molar-refractivity contribution in [3.63, 3.8) is 0 Å². The summed E-state index contributed by atoms with van der Waals surface area (Å²) >= 11 is 0. The van der Waals surface area contributed by atoms with E-state index in [0.29, 0.717) is 11.1 Å². The smallest absolute Gasteiger partial charge is 0.317 e. The number of carbonyl (C=O) groups excluding carboxylic acids is 2. The standard InChI is InChI=1S/C24H23NO5/c1-14(17-9-5-7-15-6-3-4-8-18(15)17)19-12-16(10-11-21(19)26)24(23(28)30-2)13-20(24)22(27)25-29/h3-12,14,20,26,29H,13H2,1-2H3,(H,25,27)/t14?,20-,24-/m1/s1. The van der Waals surface area contributed by atoms with Gasteiger partial charge in [-0.15, -0.1) is 0 Å². The number of hydrogen-bond acceptors (Lipinski definition) is 5. The number of nitrogens with one attached hydrogen (secondary N) is 1. The van der Waals surface area contributed by atoms with Gasteiger partial charge in [0, 0.05) is 11.5 Å². The minimum absolute atomic E-state index is 0.114. The van der Waals surface area contributed by atoms with Gasteiger partial charge in [0.15, 0.2) is 0 Å². The number of hydrogen-bond donors (Lipinski definition) is 3. The number of hydroxylamine groups is 1. The lowest BCUT2D eigenvalue weighted by Gasteiger charge is -2.20. The van der Waals surface area contributed by atoms with Crippen molar-refractivity contribution in [2.24, 2.45) is 5.92 Å². The Balaban J connectivity index is 1.80. The molecule has 30 heavy (non-hydrogen) atoms. The van der Waals surface area contributed by atoms with E-state index in [-0.39, 0.29) is 18.1 Å². The summed E-state index contributed by atoms with van der Waals surface area (Å²) in [6, 6.07) is 19.0. The van der Waals surface area contributed by atoms with Gasteiger partial charge in [-0.1, -0.05) is 61.5 Å². The van der Waals surface area contributed by atoms with Crippen LogP contribution in [0.4, 0.5) is 0 Å². The van der Waals surface area contributed by atoms with Crippen LogP contribution in [0.1, 0.15) is 36.0 Å². The maximum Gasteiger partial charge on any atom is 0.317 e. The van der Waals surface area contributed by atoms with Crippen molar-refractivity contribution in [2.45, 2.75) is 24.7 Å². The van der Waals surface area contributed by atoms with Crippen LogP contribution in [-0.4, -0.2) is 29.3 Å². The highest BCUT2D eigenvalue weighted by molar-refractivity contribution is 5.98. The van der Waals surface area contributed by atoms with E-state index in [1.165, 1.54) is 7.11 Å². The number of methoxy groups -OCH3 is 1. The zero-order valence-electron chi connectivity index (χ0n) is 16.8. The predicted molar refractivity (Wildman–Crippen MR) is 111 cm³/mol. The minimum atomic E-state index is -1.16. The molecule has 6 heteroatoms. The van der Waals surface area contributed by atoms with Gasteiger partial charge >= 0.3 is 5.97 Å². The molecule has 0 aromatic heterocycles. The summed E-state index contributed by atoms with van der Waals surface area (Å²) in [5.41, 5.74) is 2.75. The molecule has 3 aromatic carbocycles. The van der Waals surface area contributed by atoms with Gasteiger partial charge in [-0.05, 0) is 34.4 Å². The van der Waals surface area contributed by atoms with Crippen molar-refractivity contribution in [1.82, 2.24) is 5.48 Å². The van der Waals surface area contributed by atoms with Crippen LogP contribution in [0.5, 0.6) is 5.75 Å². The average molecular weight is 405 g/mol. The molecule has 1 unspecified atom stereocenters. The largest absolute Gasteiger partial charge is 0.508 e. The number of benzene rings is 3. The molecule has 0 radical (unpaired) electrons. The zero-order valence-corrected chi connectivity index (χ0v) is 16.8. The second kappa shape index (κ2) is 7.46. The van der Waals surface area contributed by atoms with Gasteiger partial charge in [-0.2, -0.15) is 0 Å². The third kappa shape index (κ3) is 3.00. The number of fused-ring (bicyclic) bond motifs is 1. The van der Waals surface area contributed by atoms with E-state index in [4.69, 9.17) is 9.94 Å². The number of ether oxygens (including phenoxy) is 1. The Morgan fingerprint density at radius 1 is 1.10 bits per heavy atom. The van der Waals surface area contributed by atoms with Crippen LogP contribution < -0.4 is 5.48 Å². The second-order valence-corrected chi connectivity index (χ2v) is 7.76. The second-order valence-electron chi connectivity index (χ2n) is 7.76. The highest BCUT2D eigenvalue weighted by atomic mass is 16.5. The SMILES string of the molecule is COC(=O)[C@@]1(c2ccc(O)c(C(C)c3cccc4ccccc34)c2)C[C@@H]1C(=O)NO. The molecule has 3 N–H and O–H groups in total. The first-order chi connectivity index (χ1) is 14.4. The van der Waals surface area contributed by atoms with E-state index in [2.05, 4.69) is 0 Å². The lowest BCUT2D eigenvalue weighted by atomic mass is 9.85. The van der Waals surface area contributed by atoms with Gasteiger partial charge in [-0.25, -0.2) is 5.48 Å². The molecule has 4 rings (SSSR count). The molecule has 3 atom stereocenters. The lowest BCUT2D eigenvalue weighted by molar-refractivity contribution is -0.146. The van der Waals surface area contributed by atoms with E-state index in [0.717, 1.165) is 16.3 Å². The molecular formula is C24H23NO5. The van der Waals surface area contributed by atoms with E-state index in [1.807, 2.05) is 49.4 Å². The molecule has 1 fully saturated rings. The van der Waals surface area contributed by atoms with Gasteiger partial charge in [0.25, 0.3) is 0 Å². The molecule has 6 nitrogen and oxygen atoms in total. The fourth-order valence-corrected chi connectivity index (χ4v) is 4.48.